The summed E-state index contributed by atoms with van der Waals surface area (Å²) >= 11 is 0. The van der Waals surface area contributed by atoms with Crippen LogP contribution in [0.25, 0.3) is 0 Å². The van der Waals surface area contributed by atoms with E-state index in [9.17, 15) is 0 Å². The fourth-order valence-electron chi connectivity index (χ4n) is 0. The summed E-state index contributed by atoms with van der Waals surface area (Å²) in [6, 6.07) is -0.833. The molecule has 18 heavy (non-hydrogen) atoms. The molecule has 0 aliphatic carbocycles. The van der Waals surface area contributed by atoms with Gasteiger partial charge in [-0.05, 0) is 0 Å². The SMILES string of the molecule is NC(N)=O.O=[N+]([O-])[O-].O=[N+]([O-])[O-].[Ca+2].[Na+].[O-][Cl+2]([O-])[O-]. The van der Waals surface area contributed by atoms with Gasteiger partial charge in [-0.2, -0.15) is 0 Å². The molecule has 0 aromatic carbocycles. The third-order valence-corrected chi connectivity index (χ3v) is 0. The maximum atomic E-state index is 9.00. The molecule has 17 heteroatoms. The molecular weight excluding hydrogens is 327 g/mol. The topological polar surface area (TPSA) is 271 Å². The Balaban J connectivity index is -0.0000000257. The Bertz CT molecular complexity index is 161. The summed E-state index contributed by atoms with van der Waals surface area (Å²) in [6.45, 7) is 0. The van der Waals surface area contributed by atoms with Crippen molar-refractivity contribution in [2.24, 2.45) is 11.5 Å². The van der Waals surface area contributed by atoms with Crippen molar-refractivity contribution in [1.29, 1.82) is 0 Å². The summed E-state index contributed by atoms with van der Waals surface area (Å²) < 4.78 is 25.2. The van der Waals surface area contributed by atoms with Gasteiger partial charge in [-0.3, -0.25) is 0 Å². The predicted octanol–water partition coefficient (Wildman–Crippen LogP) is -8.40. The zero-order valence-electron chi connectivity index (χ0n) is 8.72. The van der Waals surface area contributed by atoms with Gasteiger partial charge < -0.3 is 56.1 Å². The third kappa shape index (κ3) is 369000. The summed E-state index contributed by atoms with van der Waals surface area (Å²) in [5, 5.41) is 29.5. The molecule has 0 aromatic rings. The molecule has 4 N–H and O–H groups in total. The number of amides is 2. The smallest absolute Gasteiger partial charge is 0.357 e. The average Bonchev–Trinajstić information content (AvgIpc) is 1.76. The zero-order valence-corrected chi connectivity index (χ0v) is 13.7. The van der Waals surface area contributed by atoms with Gasteiger partial charge in [-0.15, -0.1) is 0 Å². The molecule has 0 spiro atoms. The third-order valence-electron chi connectivity index (χ3n) is 0. The van der Waals surface area contributed by atoms with E-state index in [1.807, 2.05) is 0 Å². The van der Waals surface area contributed by atoms with E-state index in [2.05, 4.69) is 11.5 Å². The van der Waals surface area contributed by atoms with Crippen LogP contribution in [-0.2, 0) is 0 Å². The van der Waals surface area contributed by atoms with Crippen LogP contribution in [0.5, 0.6) is 0 Å². The normalized spacial score (nSPS) is 6.00. The van der Waals surface area contributed by atoms with Crippen molar-refractivity contribution < 1.29 is 69.3 Å². The number of urea groups is 1. The van der Waals surface area contributed by atoms with Crippen LogP contribution in [0.3, 0.4) is 0 Å². The second-order valence-electron chi connectivity index (χ2n) is 1.04. The Kier molecular flexibility index (Phi) is 60.8. The number of hydrogen-bond donors (Lipinski definition) is 2. The van der Waals surface area contributed by atoms with Crippen molar-refractivity contribution in [3.8, 4) is 0 Å². The van der Waals surface area contributed by atoms with E-state index in [-0.39, 0.29) is 67.3 Å². The molecule has 0 saturated carbocycles. The van der Waals surface area contributed by atoms with Crippen LogP contribution >= 0.6 is 0 Å². The van der Waals surface area contributed by atoms with Crippen LogP contribution in [-0.4, -0.2) is 53.9 Å². The maximum Gasteiger partial charge on any atom is 2.00 e. The largest absolute Gasteiger partial charge is 2.00 e. The van der Waals surface area contributed by atoms with Gasteiger partial charge in [0.05, 0.1) is 21.0 Å². The average molecular weight is 331 g/mol. The van der Waals surface area contributed by atoms with Crippen LogP contribution in [0.2, 0.25) is 0 Å². The van der Waals surface area contributed by atoms with E-state index in [1.165, 1.54) is 0 Å². The van der Waals surface area contributed by atoms with E-state index in [1.54, 1.807) is 0 Å². The molecule has 2 amide bonds. The number of rotatable bonds is 0. The number of halogens is 1. The summed E-state index contributed by atoms with van der Waals surface area (Å²) in [7, 11) is -2.85. The molecule has 0 saturated heterocycles. The summed E-state index contributed by atoms with van der Waals surface area (Å²) in [4.78, 5) is 25.5. The fraction of sp³-hybridized carbons (Fsp3) is 0. The first kappa shape index (κ1) is 36.1. The van der Waals surface area contributed by atoms with Gasteiger partial charge in [0.2, 0.25) is 0 Å². The van der Waals surface area contributed by atoms with Crippen molar-refractivity contribution in [1.82, 2.24) is 0 Å². The van der Waals surface area contributed by atoms with Gasteiger partial charge in [0.1, 0.15) is 0 Å². The van der Waals surface area contributed by atoms with E-state index < -0.39 is 27.0 Å². The molecule has 0 heterocycles. The predicted molar refractivity (Wildman–Crippen MR) is 40.2 cm³/mol. The van der Waals surface area contributed by atoms with E-state index in [0.29, 0.717) is 0 Å². The van der Waals surface area contributed by atoms with Crippen LogP contribution in [0, 0.1) is 41.4 Å². The molecule has 0 fully saturated rings. The molecule has 0 atom stereocenters. The van der Waals surface area contributed by atoms with Crippen LogP contribution < -0.4 is 55.0 Å². The van der Waals surface area contributed by atoms with Crippen LogP contribution in [0.4, 0.5) is 4.79 Å². The standard InChI is InChI=1S/CH4N2O.Ca.ClO3.2NO3.Na/c2-1(3)4;;3*2-1(3)4;/h(H4,2,3,4);;;;;/q;+2;3*-1;+1. The van der Waals surface area contributed by atoms with Crippen molar-refractivity contribution in [2.75, 3.05) is 0 Å². The zero-order chi connectivity index (χ0) is 14.3. The van der Waals surface area contributed by atoms with Gasteiger partial charge in [0, 0.05) is 0 Å². The van der Waals surface area contributed by atoms with Crippen LogP contribution in [0.15, 0.2) is 0 Å². The minimum atomic E-state index is -2.85. The fourth-order valence-corrected chi connectivity index (χ4v) is 0. The molecule has 0 aromatic heterocycles. The van der Waals surface area contributed by atoms with Gasteiger partial charge in [-0.1, -0.05) is 0 Å². The Labute approximate surface area is 153 Å². The number of nitrogens with two attached hydrogens (primary N) is 2. The number of carbonyl (C=O) groups excluding carboxylic acids is 1. The van der Waals surface area contributed by atoms with Crippen molar-refractivity contribution in [3.63, 3.8) is 0 Å². The van der Waals surface area contributed by atoms with Gasteiger partial charge in [0.15, 0.2) is 0 Å². The Morgan fingerprint density at radius 3 is 0.889 bits per heavy atom. The van der Waals surface area contributed by atoms with Gasteiger partial charge >= 0.3 is 73.3 Å². The van der Waals surface area contributed by atoms with Crippen molar-refractivity contribution >= 4 is 43.8 Å². The second kappa shape index (κ2) is 30.3. The minimum absolute atomic E-state index is 0. The first-order valence-corrected chi connectivity index (χ1v) is 3.27. The van der Waals surface area contributed by atoms with Gasteiger partial charge in [-0.25, -0.2) is 4.79 Å². The monoisotopic (exact) mass is 330 g/mol. The molecule has 0 rings (SSSR count). The Hall–Kier alpha value is 0.0997. The molecule has 14 nitrogen and oxygen atoms in total. The first-order chi connectivity index (χ1) is 6.93. The Morgan fingerprint density at radius 2 is 0.889 bits per heavy atom. The summed E-state index contributed by atoms with van der Waals surface area (Å²) in [5.74, 6) is 0. The van der Waals surface area contributed by atoms with Crippen molar-refractivity contribution in [3.05, 3.63) is 30.6 Å². The first-order valence-electron chi connectivity index (χ1n) is 2.34. The molecular formula is CH4CaClN4NaO10. The second-order valence-corrected chi connectivity index (χ2v) is 1.42. The summed E-state index contributed by atoms with van der Waals surface area (Å²) in [5.41, 5.74) is 8.50. The molecule has 98 valence electrons. The van der Waals surface area contributed by atoms with Crippen molar-refractivity contribution in [2.45, 2.75) is 0 Å². The molecule has 0 aliphatic rings. The molecule has 0 bridgehead atoms. The quantitative estimate of drug-likeness (QED) is 0.240. The number of carbonyl (C=O) groups is 1. The minimum Gasteiger partial charge on any atom is -0.357 e. The number of primary amides is 2. The maximum absolute atomic E-state index is 9.00. The molecule has 0 unspecified atom stereocenters. The number of nitrogens with zero attached hydrogens (tertiary/aromatic N) is 2. The molecule has 0 radical (unpaired) electrons. The van der Waals surface area contributed by atoms with E-state index in [0.717, 1.165) is 0 Å². The summed E-state index contributed by atoms with van der Waals surface area (Å²) in [6.07, 6.45) is 0. The number of hydrogen-bond acceptors (Lipinski definition) is 10. The Morgan fingerprint density at radius 1 is 0.889 bits per heavy atom. The van der Waals surface area contributed by atoms with E-state index >= 15 is 0 Å². The molecule has 0 aliphatic heterocycles. The van der Waals surface area contributed by atoms with E-state index in [4.69, 9.17) is 49.4 Å². The van der Waals surface area contributed by atoms with Gasteiger partial charge in [0.25, 0.3) is 0 Å². The van der Waals surface area contributed by atoms with Crippen LogP contribution in [0.1, 0.15) is 0 Å².